The molecule has 1 aromatic heterocycles. The summed E-state index contributed by atoms with van der Waals surface area (Å²) in [6.07, 6.45) is 3.63. The van der Waals surface area contributed by atoms with E-state index < -0.39 is 6.04 Å². The maximum atomic E-state index is 12.4. The van der Waals surface area contributed by atoms with E-state index in [2.05, 4.69) is 22.8 Å². The van der Waals surface area contributed by atoms with Crippen LogP contribution in [-0.4, -0.2) is 17.9 Å². The maximum absolute atomic E-state index is 12.4. The molecule has 2 aromatic carbocycles. The molecule has 0 fully saturated rings. The molecule has 2 N–H and O–H groups in total. The number of fused-ring (bicyclic) bond motifs is 3. The average Bonchev–Trinajstić information content (AvgIpc) is 3.29. The second-order valence-corrected chi connectivity index (χ2v) is 6.40. The van der Waals surface area contributed by atoms with Crippen LogP contribution >= 0.6 is 0 Å². The molecule has 0 saturated carbocycles. The van der Waals surface area contributed by atoms with Crippen LogP contribution in [0.2, 0.25) is 0 Å². The highest BCUT2D eigenvalue weighted by Crippen LogP contribution is 2.37. The monoisotopic (exact) mass is 346 g/mol. The van der Waals surface area contributed by atoms with Crippen molar-refractivity contribution < 1.29 is 14.0 Å². The fourth-order valence-corrected chi connectivity index (χ4v) is 3.21. The van der Waals surface area contributed by atoms with E-state index in [4.69, 9.17) is 4.42 Å². The van der Waals surface area contributed by atoms with Crippen molar-refractivity contribution in [2.75, 3.05) is 5.32 Å². The molecule has 0 aliphatic heterocycles. The van der Waals surface area contributed by atoms with Gasteiger partial charge in [0.2, 0.25) is 5.91 Å². The minimum atomic E-state index is -0.664. The Morgan fingerprint density at radius 2 is 1.85 bits per heavy atom. The van der Waals surface area contributed by atoms with E-state index in [0.29, 0.717) is 5.56 Å². The summed E-state index contributed by atoms with van der Waals surface area (Å²) in [5.74, 6) is -0.608. The van der Waals surface area contributed by atoms with Gasteiger partial charge in [-0.15, -0.1) is 0 Å². The Labute approximate surface area is 151 Å². The molecule has 1 aliphatic carbocycles. The molecule has 0 spiro atoms. The maximum Gasteiger partial charge on any atom is 0.255 e. The average molecular weight is 346 g/mol. The number of anilines is 1. The Kier molecular flexibility index (Phi) is 4.05. The molecule has 2 amide bonds. The first-order chi connectivity index (χ1) is 12.6. The lowest BCUT2D eigenvalue weighted by molar-refractivity contribution is -0.117. The van der Waals surface area contributed by atoms with Gasteiger partial charge in [-0.25, -0.2) is 0 Å². The van der Waals surface area contributed by atoms with Crippen LogP contribution in [0.4, 0.5) is 5.69 Å². The van der Waals surface area contributed by atoms with Crippen LogP contribution in [0, 0.1) is 0 Å². The largest absolute Gasteiger partial charge is 0.472 e. The van der Waals surface area contributed by atoms with Gasteiger partial charge in [0.15, 0.2) is 0 Å². The number of amides is 2. The van der Waals surface area contributed by atoms with Crippen molar-refractivity contribution in [2.24, 2.45) is 0 Å². The molecule has 1 atom stereocenters. The first-order valence-corrected chi connectivity index (χ1v) is 8.47. The van der Waals surface area contributed by atoms with E-state index in [-0.39, 0.29) is 11.8 Å². The lowest BCUT2D eigenvalue weighted by Gasteiger charge is -2.14. The quantitative estimate of drug-likeness (QED) is 0.593. The topological polar surface area (TPSA) is 71.3 Å². The Hall–Kier alpha value is -3.34. The van der Waals surface area contributed by atoms with Gasteiger partial charge in [-0.2, -0.15) is 0 Å². The van der Waals surface area contributed by atoms with E-state index in [1.54, 1.807) is 13.0 Å². The van der Waals surface area contributed by atoms with Crippen molar-refractivity contribution in [3.05, 3.63) is 77.7 Å². The number of rotatable bonds is 4. The molecule has 0 radical (unpaired) electrons. The summed E-state index contributed by atoms with van der Waals surface area (Å²) in [5.41, 5.74) is 6.07. The van der Waals surface area contributed by atoms with Crippen LogP contribution in [0.25, 0.3) is 11.1 Å². The van der Waals surface area contributed by atoms with E-state index >= 15 is 0 Å². The predicted octanol–water partition coefficient (Wildman–Crippen LogP) is 3.61. The molecule has 4 rings (SSSR count). The zero-order valence-electron chi connectivity index (χ0n) is 14.3. The Morgan fingerprint density at radius 3 is 2.65 bits per heavy atom. The van der Waals surface area contributed by atoms with Gasteiger partial charge in [-0.05, 0) is 53.8 Å². The van der Waals surface area contributed by atoms with E-state index in [9.17, 15) is 9.59 Å². The summed E-state index contributed by atoms with van der Waals surface area (Å²) >= 11 is 0. The number of carbonyl (C=O) groups excluding carboxylic acids is 2. The summed E-state index contributed by atoms with van der Waals surface area (Å²) < 4.78 is 4.88. The molecule has 0 unspecified atom stereocenters. The first kappa shape index (κ1) is 16.1. The molecule has 1 aliphatic rings. The SMILES string of the molecule is C[C@@H](NC(=O)c1ccoc1)C(=O)Nc1ccc2c(c1)Cc1ccccc1-2. The van der Waals surface area contributed by atoms with Crippen LogP contribution in [0.15, 0.2) is 65.5 Å². The minimum absolute atomic E-state index is 0.266. The third-order valence-corrected chi connectivity index (χ3v) is 4.59. The van der Waals surface area contributed by atoms with Gasteiger partial charge < -0.3 is 15.1 Å². The number of hydrogen-bond acceptors (Lipinski definition) is 3. The van der Waals surface area contributed by atoms with Crippen molar-refractivity contribution in [3.8, 4) is 11.1 Å². The molecule has 5 nitrogen and oxygen atoms in total. The number of hydrogen-bond donors (Lipinski definition) is 2. The Morgan fingerprint density at radius 1 is 1.04 bits per heavy atom. The van der Waals surface area contributed by atoms with Gasteiger partial charge in [0, 0.05) is 5.69 Å². The highest BCUT2D eigenvalue weighted by molar-refractivity contribution is 6.01. The van der Waals surface area contributed by atoms with Crippen molar-refractivity contribution >= 4 is 17.5 Å². The van der Waals surface area contributed by atoms with Crippen molar-refractivity contribution in [3.63, 3.8) is 0 Å². The van der Waals surface area contributed by atoms with Gasteiger partial charge in [0.05, 0.1) is 11.8 Å². The fourth-order valence-electron chi connectivity index (χ4n) is 3.21. The zero-order valence-corrected chi connectivity index (χ0v) is 14.3. The fraction of sp³-hybridized carbons (Fsp3) is 0.143. The third-order valence-electron chi connectivity index (χ3n) is 4.59. The molecule has 26 heavy (non-hydrogen) atoms. The highest BCUT2D eigenvalue weighted by Gasteiger charge is 2.20. The van der Waals surface area contributed by atoms with E-state index in [0.717, 1.165) is 12.1 Å². The summed E-state index contributed by atoms with van der Waals surface area (Å²) in [5, 5.41) is 5.53. The first-order valence-electron chi connectivity index (χ1n) is 8.47. The number of benzene rings is 2. The van der Waals surface area contributed by atoms with Gasteiger partial charge in [-0.1, -0.05) is 30.3 Å². The molecule has 0 bridgehead atoms. The highest BCUT2D eigenvalue weighted by atomic mass is 16.3. The molecule has 1 heterocycles. The Bertz CT molecular complexity index is 977. The minimum Gasteiger partial charge on any atom is -0.472 e. The zero-order chi connectivity index (χ0) is 18.1. The standard InChI is InChI=1S/C21H18N2O3/c1-13(22-21(25)15-8-9-26-12-15)20(24)23-17-6-7-19-16(11-17)10-14-4-2-3-5-18(14)19/h2-9,11-13H,10H2,1H3,(H,22,25)(H,23,24)/t13-/m1/s1. The van der Waals surface area contributed by atoms with Crippen molar-refractivity contribution in [1.29, 1.82) is 0 Å². The second kappa shape index (κ2) is 6.52. The molecular formula is C21H18N2O3. The number of carbonyl (C=O) groups is 2. The van der Waals surface area contributed by atoms with Gasteiger partial charge in [0.25, 0.3) is 5.91 Å². The normalized spacial score (nSPS) is 12.8. The van der Waals surface area contributed by atoms with Crippen LogP contribution in [-0.2, 0) is 11.2 Å². The number of nitrogens with one attached hydrogen (secondary N) is 2. The summed E-state index contributed by atoms with van der Waals surface area (Å²) in [7, 11) is 0. The Balaban J connectivity index is 1.44. The van der Waals surface area contributed by atoms with E-state index in [1.807, 2.05) is 30.3 Å². The number of furan rings is 1. The van der Waals surface area contributed by atoms with Crippen LogP contribution in [0.3, 0.4) is 0 Å². The predicted molar refractivity (Wildman–Crippen MR) is 98.9 cm³/mol. The molecule has 130 valence electrons. The lowest BCUT2D eigenvalue weighted by Crippen LogP contribution is -2.41. The van der Waals surface area contributed by atoms with Crippen molar-refractivity contribution in [1.82, 2.24) is 5.32 Å². The summed E-state index contributed by atoms with van der Waals surface area (Å²) in [6, 6.07) is 15.1. The van der Waals surface area contributed by atoms with E-state index in [1.165, 1.54) is 34.8 Å². The van der Waals surface area contributed by atoms with Crippen LogP contribution in [0.5, 0.6) is 0 Å². The second-order valence-electron chi connectivity index (χ2n) is 6.40. The lowest BCUT2D eigenvalue weighted by atomic mass is 10.1. The van der Waals surface area contributed by atoms with Gasteiger partial charge >= 0.3 is 0 Å². The van der Waals surface area contributed by atoms with Gasteiger partial charge in [-0.3, -0.25) is 9.59 Å². The van der Waals surface area contributed by atoms with Gasteiger partial charge in [0.1, 0.15) is 12.3 Å². The third kappa shape index (κ3) is 2.99. The summed E-state index contributed by atoms with van der Waals surface area (Å²) in [6.45, 7) is 1.65. The smallest absolute Gasteiger partial charge is 0.255 e. The molecule has 3 aromatic rings. The summed E-state index contributed by atoms with van der Waals surface area (Å²) in [4.78, 5) is 24.4. The molecular weight excluding hydrogens is 328 g/mol. The molecule has 5 heteroatoms. The van der Waals surface area contributed by atoms with Crippen LogP contribution < -0.4 is 10.6 Å². The van der Waals surface area contributed by atoms with Crippen molar-refractivity contribution in [2.45, 2.75) is 19.4 Å². The molecule has 0 saturated heterocycles. The van der Waals surface area contributed by atoms with Crippen LogP contribution in [0.1, 0.15) is 28.4 Å².